The second kappa shape index (κ2) is 6.10. The van der Waals surface area contributed by atoms with Crippen molar-refractivity contribution in [3.8, 4) is 0 Å². The highest BCUT2D eigenvalue weighted by Gasteiger charge is 2.08. The predicted octanol–water partition coefficient (Wildman–Crippen LogP) is 3.28. The van der Waals surface area contributed by atoms with Gasteiger partial charge in [-0.25, -0.2) is 4.21 Å². The lowest BCUT2D eigenvalue weighted by Crippen LogP contribution is -2.12. The van der Waals surface area contributed by atoms with E-state index in [4.69, 9.17) is 4.55 Å². The summed E-state index contributed by atoms with van der Waals surface area (Å²) in [4.78, 5) is 12.2. The summed E-state index contributed by atoms with van der Waals surface area (Å²) in [5.41, 5.74) is 0.981. The van der Waals surface area contributed by atoms with Gasteiger partial charge in [0.2, 0.25) is 0 Å². The average Bonchev–Trinajstić information content (AvgIpc) is 2.39. The zero-order valence-corrected chi connectivity index (χ0v) is 12.1. The molecule has 0 saturated carbocycles. The van der Waals surface area contributed by atoms with Crippen LogP contribution in [0.5, 0.6) is 0 Å². The number of hydrogen-bond acceptors (Lipinski definition) is 2. The Morgan fingerprint density at radius 2 is 1.89 bits per heavy atom. The van der Waals surface area contributed by atoms with E-state index in [1.165, 1.54) is 12.1 Å². The maximum Gasteiger partial charge on any atom is 0.255 e. The van der Waals surface area contributed by atoms with Crippen LogP contribution in [-0.4, -0.2) is 14.7 Å². The summed E-state index contributed by atoms with van der Waals surface area (Å²) in [7, 11) is 0. The summed E-state index contributed by atoms with van der Waals surface area (Å²) >= 11 is 1.22. The standard InChI is InChI=1S/C13H10BrNO3S/c14-10-4-2-5-11(8-10)15-13(16)9-3-1-6-12(7-9)19(17)18/h1-8H,(H,15,16)(H,17,18). The topological polar surface area (TPSA) is 66.4 Å². The van der Waals surface area contributed by atoms with Gasteiger partial charge in [-0.05, 0) is 36.4 Å². The number of hydrogen-bond donors (Lipinski definition) is 2. The zero-order valence-electron chi connectivity index (χ0n) is 9.67. The first-order chi connectivity index (χ1) is 9.06. The molecule has 19 heavy (non-hydrogen) atoms. The lowest BCUT2D eigenvalue weighted by atomic mass is 10.2. The molecule has 0 bridgehead atoms. The van der Waals surface area contributed by atoms with Crippen LogP contribution < -0.4 is 5.32 Å². The van der Waals surface area contributed by atoms with Crippen molar-refractivity contribution in [1.82, 2.24) is 0 Å². The lowest BCUT2D eigenvalue weighted by Gasteiger charge is -2.06. The molecular formula is C13H10BrNO3S. The number of halogens is 1. The van der Waals surface area contributed by atoms with E-state index < -0.39 is 11.1 Å². The molecule has 1 amide bonds. The summed E-state index contributed by atoms with van der Waals surface area (Å²) in [6.07, 6.45) is 0. The maximum atomic E-state index is 12.0. The van der Waals surface area contributed by atoms with Crippen molar-refractivity contribution in [2.24, 2.45) is 0 Å². The predicted molar refractivity (Wildman–Crippen MR) is 77.6 cm³/mol. The third kappa shape index (κ3) is 3.73. The van der Waals surface area contributed by atoms with Crippen LogP contribution in [0.15, 0.2) is 57.9 Å². The molecule has 98 valence electrons. The van der Waals surface area contributed by atoms with Gasteiger partial charge in [-0.15, -0.1) is 0 Å². The molecular weight excluding hydrogens is 330 g/mol. The molecule has 2 aromatic carbocycles. The molecule has 0 heterocycles. The van der Waals surface area contributed by atoms with E-state index >= 15 is 0 Å². The second-order valence-electron chi connectivity index (χ2n) is 3.74. The molecule has 0 radical (unpaired) electrons. The normalized spacial score (nSPS) is 11.9. The molecule has 0 spiro atoms. The highest BCUT2D eigenvalue weighted by atomic mass is 79.9. The minimum Gasteiger partial charge on any atom is -0.322 e. The van der Waals surface area contributed by atoms with Crippen molar-refractivity contribution in [2.75, 3.05) is 5.32 Å². The molecule has 6 heteroatoms. The van der Waals surface area contributed by atoms with E-state index in [2.05, 4.69) is 21.2 Å². The van der Waals surface area contributed by atoms with Gasteiger partial charge in [0.25, 0.3) is 5.91 Å². The number of carbonyl (C=O) groups excluding carboxylic acids is 1. The van der Waals surface area contributed by atoms with Gasteiger partial charge < -0.3 is 9.87 Å². The lowest BCUT2D eigenvalue weighted by molar-refractivity contribution is 0.102. The van der Waals surface area contributed by atoms with Gasteiger partial charge in [0.15, 0.2) is 11.1 Å². The van der Waals surface area contributed by atoms with Gasteiger partial charge in [-0.1, -0.05) is 28.1 Å². The Balaban J connectivity index is 2.20. The molecule has 1 atom stereocenters. The Morgan fingerprint density at radius 3 is 2.58 bits per heavy atom. The van der Waals surface area contributed by atoms with Gasteiger partial charge in [0.05, 0.1) is 4.90 Å². The molecule has 0 aliphatic carbocycles. The summed E-state index contributed by atoms with van der Waals surface area (Å²) in [6, 6.07) is 13.2. The SMILES string of the molecule is O=C(Nc1cccc(Br)c1)c1cccc(S(=O)O)c1. The third-order valence-electron chi connectivity index (χ3n) is 2.38. The Bertz CT molecular complexity index is 645. The molecule has 0 aliphatic heterocycles. The number of amides is 1. The molecule has 0 fully saturated rings. The van der Waals surface area contributed by atoms with E-state index in [9.17, 15) is 9.00 Å². The van der Waals surface area contributed by atoms with Crippen LogP contribution in [0.1, 0.15) is 10.4 Å². The largest absolute Gasteiger partial charge is 0.322 e. The van der Waals surface area contributed by atoms with E-state index in [0.29, 0.717) is 11.3 Å². The molecule has 4 nitrogen and oxygen atoms in total. The van der Waals surface area contributed by atoms with Crippen molar-refractivity contribution in [2.45, 2.75) is 4.90 Å². The average molecular weight is 340 g/mol. The van der Waals surface area contributed by atoms with E-state index in [1.807, 2.05) is 6.07 Å². The summed E-state index contributed by atoms with van der Waals surface area (Å²) in [5.74, 6) is -0.328. The van der Waals surface area contributed by atoms with Gasteiger partial charge in [-0.3, -0.25) is 4.79 Å². The Hall–Kier alpha value is -1.50. The summed E-state index contributed by atoms with van der Waals surface area (Å²) in [5, 5.41) is 2.72. The minimum absolute atomic E-state index is 0.196. The first-order valence-electron chi connectivity index (χ1n) is 5.34. The number of nitrogens with one attached hydrogen (secondary N) is 1. The molecule has 2 aromatic rings. The van der Waals surface area contributed by atoms with Crippen LogP contribution in [0.25, 0.3) is 0 Å². The van der Waals surface area contributed by atoms with Crippen LogP contribution in [-0.2, 0) is 11.1 Å². The van der Waals surface area contributed by atoms with Crippen molar-refractivity contribution in [1.29, 1.82) is 0 Å². The maximum absolute atomic E-state index is 12.0. The first-order valence-corrected chi connectivity index (χ1v) is 7.24. The van der Waals surface area contributed by atoms with Crippen molar-refractivity contribution in [3.63, 3.8) is 0 Å². The smallest absolute Gasteiger partial charge is 0.255 e. The van der Waals surface area contributed by atoms with Gasteiger partial charge in [0.1, 0.15) is 0 Å². The molecule has 2 N–H and O–H groups in total. The monoisotopic (exact) mass is 339 g/mol. The van der Waals surface area contributed by atoms with Crippen LogP contribution in [0.3, 0.4) is 0 Å². The minimum atomic E-state index is -2.09. The Kier molecular flexibility index (Phi) is 4.47. The number of rotatable bonds is 3. The highest BCUT2D eigenvalue weighted by molar-refractivity contribution is 9.10. The van der Waals surface area contributed by atoms with Crippen LogP contribution in [0.4, 0.5) is 5.69 Å². The van der Waals surface area contributed by atoms with Gasteiger partial charge in [-0.2, -0.15) is 0 Å². The molecule has 0 saturated heterocycles. The van der Waals surface area contributed by atoms with Crippen LogP contribution in [0.2, 0.25) is 0 Å². The Labute approximate surface area is 121 Å². The highest BCUT2D eigenvalue weighted by Crippen LogP contribution is 2.17. The van der Waals surface area contributed by atoms with Gasteiger partial charge in [0, 0.05) is 15.7 Å². The fourth-order valence-corrected chi connectivity index (χ4v) is 2.34. The van der Waals surface area contributed by atoms with Crippen molar-refractivity contribution >= 4 is 38.6 Å². The second-order valence-corrected chi connectivity index (χ2v) is 5.63. The number of anilines is 1. The fraction of sp³-hybridized carbons (Fsp3) is 0. The molecule has 0 aliphatic rings. The van der Waals surface area contributed by atoms with E-state index in [1.54, 1.807) is 30.3 Å². The summed E-state index contributed by atoms with van der Waals surface area (Å²) in [6.45, 7) is 0. The first kappa shape index (κ1) is 13.9. The van der Waals surface area contributed by atoms with Crippen LogP contribution in [0, 0.1) is 0 Å². The molecule has 2 rings (SSSR count). The molecule has 0 aromatic heterocycles. The fourth-order valence-electron chi connectivity index (χ4n) is 1.52. The third-order valence-corrected chi connectivity index (χ3v) is 3.53. The Morgan fingerprint density at radius 1 is 1.16 bits per heavy atom. The number of benzene rings is 2. The molecule has 1 unspecified atom stereocenters. The van der Waals surface area contributed by atoms with Gasteiger partial charge >= 0.3 is 0 Å². The summed E-state index contributed by atoms with van der Waals surface area (Å²) < 4.78 is 20.8. The van der Waals surface area contributed by atoms with Crippen LogP contribution >= 0.6 is 15.9 Å². The zero-order chi connectivity index (χ0) is 13.8. The van der Waals surface area contributed by atoms with E-state index in [-0.39, 0.29) is 10.8 Å². The van der Waals surface area contributed by atoms with Crippen molar-refractivity contribution in [3.05, 3.63) is 58.6 Å². The number of carbonyl (C=O) groups is 1. The van der Waals surface area contributed by atoms with Crippen molar-refractivity contribution < 1.29 is 13.6 Å². The quantitative estimate of drug-likeness (QED) is 0.843. The van der Waals surface area contributed by atoms with E-state index in [0.717, 1.165) is 4.47 Å².